The van der Waals surface area contributed by atoms with Gasteiger partial charge in [-0.3, -0.25) is 9.59 Å². The molecule has 194 valence electrons. The van der Waals surface area contributed by atoms with Crippen LogP contribution in [0.4, 0.5) is 4.39 Å². The van der Waals surface area contributed by atoms with Gasteiger partial charge in [-0.25, -0.2) is 4.39 Å². The molecule has 8 heteroatoms. The van der Waals surface area contributed by atoms with Crippen molar-refractivity contribution in [3.8, 4) is 0 Å². The summed E-state index contributed by atoms with van der Waals surface area (Å²) in [5.41, 5.74) is 1.36. The van der Waals surface area contributed by atoms with Crippen LogP contribution in [-0.4, -0.2) is 72.3 Å². The van der Waals surface area contributed by atoms with Crippen LogP contribution in [0.3, 0.4) is 0 Å². The number of carbonyl (C=O) groups excluding carboxylic acids is 2. The molecule has 4 rings (SSSR count). The van der Waals surface area contributed by atoms with Crippen molar-refractivity contribution in [3.05, 3.63) is 69.5 Å². The third-order valence-corrected chi connectivity index (χ3v) is 8.22. The summed E-state index contributed by atoms with van der Waals surface area (Å²) in [7, 11) is 1.75. The van der Waals surface area contributed by atoms with Crippen LogP contribution in [0.15, 0.2) is 42.5 Å². The molecule has 0 radical (unpaired) electrons. The lowest BCUT2D eigenvalue weighted by atomic mass is 9.93. The molecule has 0 bridgehead atoms. The molecule has 2 saturated heterocycles. The molecule has 2 heterocycles. The van der Waals surface area contributed by atoms with Crippen LogP contribution in [0.5, 0.6) is 0 Å². The minimum Gasteiger partial charge on any atom is -0.341 e. The first-order valence-corrected chi connectivity index (χ1v) is 13.5. The van der Waals surface area contributed by atoms with Crippen molar-refractivity contribution in [2.24, 2.45) is 0 Å². The number of amides is 2. The van der Waals surface area contributed by atoms with E-state index in [1.165, 1.54) is 12.1 Å². The van der Waals surface area contributed by atoms with Crippen molar-refractivity contribution >= 4 is 35.0 Å². The Hall–Kier alpha value is -2.15. The summed E-state index contributed by atoms with van der Waals surface area (Å²) in [6.07, 6.45) is 5.65. The van der Waals surface area contributed by atoms with Crippen molar-refractivity contribution in [2.45, 2.75) is 50.5 Å². The quantitative estimate of drug-likeness (QED) is 0.427. The number of carbonyl (C=O) groups is 2. The highest BCUT2D eigenvalue weighted by Gasteiger charge is 2.29. The Labute approximate surface area is 223 Å². The van der Waals surface area contributed by atoms with Crippen molar-refractivity contribution < 1.29 is 14.0 Å². The van der Waals surface area contributed by atoms with Crippen LogP contribution >= 0.6 is 23.2 Å². The van der Waals surface area contributed by atoms with E-state index in [1.54, 1.807) is 30.1 Å². The molecule has 2 fully saturated rings. The van der Waals surface area contributed by atoms with E-state index in [1.807, 2.05) is 12.1 Å². The first-order chi connectivity index (χ1) is 17.3. The summed E-state index contributed by atoms with van der Waals surface area (Å²) in [4.78, 5) is 31.5. The van der Waals surface area contributed by atoms with Crippen LogP contribution < -0.4 is 0 Å². The number of likely N-dealkylation sites (tertiary alicyclic amines) is 2. The smallest absolute Gasteiger partial charge is 0.253 e. The van der Waals surface area contributed by atoms with Gasteiger partial charge in [0.25, 0.3) is 5.91 Å². The molecule has 0 aliphatic carbocycles. The fraction of sp³-hybridized carbons (Fsp3) is 0.500. The molecular formula is C28H34Cl2FN3O2. The summed E-state index contributed by atoms with van der Waals surface area (Å²) < 4.78 is 13.7. The lowest BCUT2D eigenvalue weighted by Gasteiger charge is -2.40. The minimum atomic E-state index is -0.426. The predicted octanol–water partition coefficient (Wildman–Crippen LogP) is 5.86. The Morgan fingerprint density at radius 3 is 2.56 bits per heavy atom. The maximum Gasteiger partial charge on any atom is 0.253 e. The van der Waals surface area contributed by atoms with Gasteiger partial charge in [0, 0.05) is 57.2 Å². The highest BCUT2D eigenvalue weighted by molar-refractivity contribution is 6.42. The van der Waals surface area contributed by atoms with Crippen molar-refractivity contribution in [1.82, 2.24) is 14.7 Å². The molecule has 2 aliphatic heterocycles. The van der Waals surface area contributed by atoms with Gasteiger partial charge in [-0.2, -0.15) is 0 Å². The topological polar surface area (TPSA) is 43.9 Å². The van der Waals surface area contributed by atoms with Gasteiger partial charge >= 0.3 is 0 Å². The van der Waals surface area contributed by atoms with E-state index in [-0.39, 0.29) is 11.8 Å². The average molecular weight is 535 g/mol. The van der Waals surface area contributed by atoms with E-state index in [4.69, 9.17) is 23.2 Å². The first-order valence-electron chi connectivity index (χ1n) is 12.8. The highest BCUT2D eigenvalue weighted by atomic mass is 35.5. The van der Waals surface area contributed by atoms with Crippen molar-refractivity contribution in [2.75, 3.05) is 39.8 Å². The SMILES string of the molecule is CN(C[C@@H](CCN1CCC(N2CCCCC2=O)CC1)c1ccc(Cl)c(Cl)c1)C(=O)c1cccc(F)c1. The monoisotopic (exact) mass is 533 g/mol. The Morgan fingerprint density at radius 1 is 1.08 bits per heavy atom. The van der Waals surface area contributed by atoms with Gasteiger partial charge in [0.15, 0.2) is 0 Å². The average Bonchev–Trinajstić information content (AvgIpc) is 2.88. The number of hydrogen-bond donors (Lipinski definition) is 0. The zero-order chi connectivity index (χ0) is 25.7. The highest BCUT2D eigenvalue weighted by Crippen LogP contribution is 2.30. The minimum absolute atomic E-state index is 0.0451. The van der Waals surface area contributed by atoms with Crippen LogP contribution in [0.2, 0.25) is 10.0 Å². The molecule has 0 saturated carbocycles. The van der Waals surface area contributed by atoms with Crippen LogP contribution in [-0.2, 0) is 4.79 Å². The standard InChI is InChI=1S/C28H34Cl2FN3O2/c1-32(28(36)21-5-4-6-23(31)17-21)19-22(20-8-9-25(29)26(30)18-20)10-14-33-15-11-24(12-16-33)34-13-3-2-7-27(34)35/h4-6,8-9,17-18,22,24H,2-3,7,10-16,19H2,1H3/t22-/m1/s1. The van der Waals surface area contributed by atoms with E-state index in [2.05, 4.69) is 9.80 Å². The Kier molecular flexibility index (Phi) is 9.26. The maximum absolute atomic E-state index is 13.7. The summed E-state index contributed by atoms with van der Waals surface area (Å²) in [6.45, 7) is 4.18. The van der Waals surface area contributed by atoms with E-state index in [0.717, 1.165) is 63.8 Å². The normalized spacial score (nSPS) is 18.3. The van der Waals surface area contributed by atoms with Gasteiger partial charge in [0.1, 0.15) is 5.82 Å². The molecule has 2 aromatic rings. The second-order valence-corrected chi connectivity index (χ2v) is 10.8. The lowest BCUT2D eigenvalue weighted by molar-refractivity contribution is -0.136. The van der Waals surface area contributed by atoms with Gasteiger partial charge in [-0.05, 0) is 74.5 Å². The van der Waals surface area contributed by atoms with E-state index < -0.39 is 5.82 Å². The zero-order valence-electron chi connectivity index (χ0n) is 20.8. The molecule has 2 amide bonds. The fourth-order valence-electron chi connectivity index (χ4n) is 5.39. The molecule has 2 aromatic carbocycles. The number of benzene rings is 2. The number of halogens is 3. The second-order valence-electron chi connectivity index (χ2n) is 9.97. The summed E-state index contributed by atoms with van der Waals surface area (Å²) in [5, 5.41) is 0.989. The third-order valence-electron chi connectivity index (χ3n) is 7.48. The van der Waals surface area contributed by atoms with Crippen molar-refractivity contribution in [3.63, 3.8) is 0 Å². The van der Waals surface area contributed by atoms with E-state index in [9.17, 15) is 14.0 Å². The van der Waals surface area contributed by atoms with Gasteiger partial charge in [0.05, 0.1) is 10.0 Å². The van der Waals surface area contributed by atoms with Crippen LogP contribution in [0, 0.1) is 5.82 Å². The molecule has 1 atom stereocenters. The summed E-state index contributed by atoms with van der Waals surface area (Å²) >= 11 is 12.5. The van der Waals surface area contributed by atoms with E-state index >= 15 is 0 Å². The summed E-state index contributed by atoms with van der Waals surface area (Å²) in [5.74, 6) is -0.287. The lowest BCUT2D eigenvalue weighted by Crippen LogP contribution is -2.49. The van der Waals surface area contributed by atoms with Crippen LogP contribution in [0.25, 0.3) is 0 Å². The molecule has 0 spiro atoms. The molecular weight excluding hydrogens is 500 g/mol. The van der Waals surface area contributed by atoms with Crippen molar-refractivity contribution in [1.29, 1.82) is 0 Å². The van der Waals surface area contributed by atoms with Gasteiger partial charge in [-0.15, -0.1) is 0 Å². The van der Waals surface area contributed by atoms with Gasteiger partial charge < -0.3 is 14.7 Å². The number of likely N-dealkylation sites (N-methyl/N-ethyl adjacent to an activating group) is 1. The Morgan fingerprint density at radius 2 is 1.86 bits per heavy atom. The van der Waals surface area contributed by atoms with Gasteiger partial charge in [0.2, 0.25) is 5.91 Å². The molecule has 5 nitrogen and oxygen atoms in total. The van der Waals surface area contributed by atoms with Gasteiger partial charge in [-0.1, -0.05) is 35.3 Å². The van der Waals surface area contributed by atoms with Crippen LogP contribution in [0.1, 0.15) is 60.4 Å². The first kappa shape index (κ1) is 26.9. The molecule has 0 aromatic heterocycles. The number of rotatable bonds is 8. The largest absolute Gasteiger partial charge is 0.341 e. The maximum atomic E-state index is 13.7. The number of nitrogens with zero attached hydrogens (tertiary/aromatic N) is 3. The Balaban J connectivity index is 1.39. The summed E-state index contributed by atoms with van der Waals surface area (Å²) in [6, 6.07) is 11.8. The molecule has 0 unspecified atom stereocenters. The predicted molar refractivity (Wildman–Crippen MR) is 142 cm³/mol. The fourth-order valence-corrected chi connectivity index (χ4v) is 5.70. The third kappa shape index (κ3) is 6.78. The Bertz CT molecular complexity index is 1070. The second kappa shape index (κ2) is 12.4. The molecule has 0 N–H and O–H groups in total. The molecule has 2 aliphatic rings. The number of hydrogen-bond acceptors (Lipinski definition) is 3. The molecule has 36 heavy (non-hydrogen) atoms. The zero-order valence-corrected chi connectivity index (χ0v) is 22.3. The number of piperidine rings is 2. The van der Waals surface area contributed by atoms with E-state index in [0.29, 0.717) is 40.5 Å².